The Morgan fingerprint density at radius 1 is 1.17 bits per heavy atom. The number of halogens is 1. The number of methoxy groups -OCH3 is 1. The van der Waals surface area contributed by atoms with Gasteiger partial charge in [0.05, 0.1) is 18.1 Å². The second-order valence-electron chi connectivity index (χ2n) is 6.75. The van der Waals surface area contributed by atoms with Gasteiger partial charge in [-0.05, 0) is 36.4 Å². The van der Waals surface area contributed by atoms with Crippen LogP contribution in [0.2, 0.25) is 5.02 Å². The van der Waals surface area contributed by atoms with E-state index < -0.39 is 0 Å². The van der Waals surface area contributed by atoms with Crippen molar-refractivity contribution < 1.29 is 23.5 Å². The molecule has 0 radical (unpaired) electrons. The van der Waals surface area contributed by atoms with E-state index in [9.17, 15) is 4.79 Å². The van der Waals surface area contributed by atoms with Crippen LogP contribution in [0.15, 0.2) is 40.9 Å². The molecule has 1 amide bonds. The third-order valence-corrected chi connectivity index (χ3v) is 5.29. The molecule has 148 valence electrons. The lowest BCUT2D eigenvalue weighted by Crippen LogP contribution is -2.24. The van der Waals surface area contributed by atoms with Crippen LogP contribution < -0.4 is 19.1 Å². The maximum absolute atomic E-state index is 12.6. The van der Waals surface area contributed by atoms with E-state index in [0.717, 1.165) is 5.56 Å². The zero-order valence-electron chi connectivity index (χ0n) is 15.4. The molecule has 2 aromatic carbocycles. The summed E-state index contributed by atoms with van der Waals surface area (Å²) in [5.41, 5.74) is 1.46. The summed E-state index contributed by atoms with van der Waals surface area (Å²) in [6.07, 6.45) is 0.284. The first-order chi connectivity index (χ1) is 14.1. The summed E-state index contributed by atoms with van der Waals surface area (Å²) in [4.78, 5) is 18.7. The van der Waals surface area contributed by atoms with E-state index in [1.807, 2.05) is 18.2 Å². The Morgan fingerprint density at radius 2 is 2.03 bits per heavy atom. The number of hydrogen-bond acceptors (Lipinski definition) is 7. The van der Waals surface area contributed by atoms with Gasteiger partial charge in [0.15, 0.2) is 11.5 Å². The number of rotatable bonds is 4. The summed E-state index contributed by atoms with van der Waals surface area (Å²) in [6.45, 7) is 0.635. The average Bonchev–Trinajstić information content (AvgIpc) is 3.46. The largest absolute Gasteiger partial charge is 0.495 e. The minimum atomic E-state index is -0.196. The smallest absolute Gasteiger partial charge is 0.232 e. The van der Waals surface area contributed by atoms with Gasteiger partial charge in [0.2, 0.25) is 24.4 Å². The van der Waals surface area contributed by atoms with Crippen molar-refractivity contribution in [1.29, 1.82) is 0 Å². The molecular weight excluding hydrogens is 398 g/mol. The average molecular weight is 414 g/mol. The fourth-order valence-electron chi connectivity index (χ4n) is 3.50. The summed E-state index contributed by atoms with van der Waals surface area (Å²) in [6, 6.07) is 10.7. The molecule has 1 fully saturated rings. The van der Waals surface area contributed by atoms with E-state index in [0.29, 0.717) is 46.2 Å². The molecule has 0 N–H and O–H groups in total. The summed E-state index contributed by atoms with van der Waals surface area (Å²) in [7, 11) is 1.55. The Hall–Kier alpha value is -3.26. The van der Waals surface area contributed by atoms with Gasteiger partial charge in [-0.2, -0.15) is 4.98 Å². The number of ether oxygens (including phenoxy) is 3. The molecule has 1 saturated heterocycles. The highest BCUT2D eigenvalue weighted by Crippen LogP contribution is 2.37. The quantitative estimate of drug-likeness (QED) is 0.645. The molecule has 0 saturated carbocycles. The van der Waals surface area contributed by atoms with Crippen molar-refractivity contribution in [1.82, 2.24) is 10.1 Å². The minimum Gasteiger partial charge on any atom is -0.495 e. The predicted molar refractivity (Wildman–Crippen MR) is 104 cm³/mol. The van der Waals surface area contributed by atoms with E-state index >= 15 is 0 Å². The van der Waals surface area contributed by atoms with Crippen LogP contribution in [0.4, 0.5) is 5.69 Å². The van der Waals surface area contributed by atoms with Crippen molar-refractivity contribution in [2.45, 2.75) is 12.3 Å². The molecule has 0 aliphatic carbocycles. The number of carbonyl (C=O) groups is 1. The molecule has 2 aliphatic heterocycles. The number of fused-ring (bicyclic) bond motifs is 1. The summed E-state index contributed by atoms with van der Waals surface area (Å²) in [5, 5.41) is 4.51. The first-order valence-electron chi connectivity index (χ1n) is 9.00. The fraction of sp³-hybridized carbons (Fsp3) is 0.250. The van der Waals surface area contributed by atoms with Crippen molar-refractivity contribution >= 4 is 23.2 Å². The molecule has 8 nitrogen and oxygen atoms in total. The van der Waals surface area contributed by atoms with Crippen LogP contribution in [-0.4, -0.2) is 36.5 Å². The molecule has 1 aromatic heterocycles. The molecule has 1 atom stereocenters. The maximum atomic E-state index is 12.6. The maximum Gasteiger partial charge on any atom is 0.232 e. The highest BCUT2D eigenvalue weighted by molar-refractivity contribution is 6.32. The van der Waals surface area contributed by atoms with E-state index in [1.165, 1.54) is 0 Å². The normalized spacial score (nSPS) is 17.8. The van der Waals surface area contributed by atoms with Gasteiger partial charge in [0.25, 0.3) is 0 Å². The first kappa shape index (κ1) is 17.8. The SMILES string of the molecule is COc1ccc(N2C[C@H](c3nc(-c4ccc5c(c4)OCO5)no3)CC2=O)cc1Cl. The van der Waals surface area contributed by atoms with Gasteiger partial charge < -0.3 is 23.6 Å². The van der Waals surface area contributed by atoms with Gasteiger partial charge in [-0.3, -0.25) is 4.79 Å². The topological polar surface area (TPSA) is 86.9 Å². The van der Waals surface area contributed by atoms with Crippen molar-refractivity contribution in [2.75, 3.05) is 25.3 Å². The van der Waals surface area contributed by atoms with Gasteiger partial charge in [0, 0.05) is 24.2 Å². The monoisotopic (exact) mass is 413 g/mol. The van der Waals surface area contributed by atoms with Crippen LogP contribution in [0.5, 0.6) is 17.2 Å². The minimum absolute atomic E-state index is 0.0286. The lowest BCUT2D eigenvalue weighted by atomic mass is 10.1. The number of anilines is 1. The molecule has 0 unspecified atom stereocenters. The fourth-order valence-corrected chi connectivity index (χ4v) is 3.75. The van der Waals surface area contributed by atoms with Crippen molar-refractivity contribution in [2.24, 2.45) is 0 Å². The van der Waals surface area contributed by atoms with Crippen molar-refractivity contribution in [3.8, 4) is 28.6 Å². The van der Waals surface area contributed by atoms with E-state index in [2.05, 4.69) is 10.1 Å². The summed E-state index contributed by atoms with van der Waals surface area (Å²) >= 11 is 6.20. The van der Waals surface area contributed by atoms with E-state index in [-0.39, 0.29) is 25.0 Å². The van der Waals surface area contributed by atoms with Crippen LogP contribution in [0, 0.1) is 0 Å². The van der Waals surface area contributed by atoms with Gasteiger partial charge in [-0.15, -0.1) is 0 Å². The Kier molecular flexibility index (Phi) is 4.28. The number of nitrogens with zero attached hydrogens (tertiary/aromatic N) is 3. The second-order valence-corrected chi connectivity index (χ2v) is 7.16. The molecule has 0 spiro atoms. The number of benzene rings is 2. The van der Waals surface area contributed by atoms with Crippen LogP contribution in [0.25, 0.3) is 11.4 Å². The Bertz CT molecular complexity index is 1100. The number of aromatic nitrogens is 2. The molecule has 0 bridgehead atoms. The number of carbonyl (C=O) groups excluding carboxylic acids is 1. The van der Waals surface area contributed by atoms with Crippen molar-refractivity contribution in [3.63, 3.8) is 0 Å². The lowest BCUT2D eigenvalue weighted by Gasteiger charge is -2.17. The Labute approximate surface area is 170 Å². The molecular formula is C20H16ClN3O5. The zero-order chi connectivity index (χ0) is 20.0. The molecule has 9 heteroatoms. The van der Waals surface area contributed by atoms with Crippen LogP contribution in [0.3, 0.4) is 0 Å². The predicted octanol–water partition coefficient (Wildman–Crippen LogP) is 3.65. The lowest BCUT2D eigenvalue weighted by molar-refractivity contribution is -0.117. The van der Waals surface area contributed by atoms with Gasteiger partial charge in [-0.1, -0.05) is 16.8 Å². The standard InChI is InChI=1S/C20H16ClN3O5/c1-26-15-5-3-13(8-14(15)21)24-9-12(7-18(24)25)20-22-19(23-29-20)11-2-4-16-17(6-11)28-10-27-16/h2-6,8,12H,7,9-10H2,1H3/t12-/m1/s1. The van der Waals surface area contributed by atoms with Crippen molar-refractivity contribution in [3.05, 3.63) is 47.3 Å². The highest BCUT2D eigenvalue weighted by atomic mass is 35.5. The molecule has 3 aromatic rings. The van der Waals surface area contributed by atoms with Crippen LogP contribution >= 0.6 is 11.6 Å². The van der Waals surface area contributed by atoms with Crippen LogP contribution in [-0.2, 0) is 4.79 Å². The number of amides is 1. The summed E-state index contributed by atoms with van der Waals surface area (Å²) < 4.78 is 21.3. The Morgan fingerprint density at radius 3 is 2.86 bits per heavy atom. The van der Waals surface area contributed by atoms with E-state index in [1.54, 1.807) is 30.2 Å². The molecule has 29 heavy (non-hydrogen) atoms. The molecule has 2 aliphatic rings. The highest BCUT2D eigenvalue weighted by Gasteiger charge is 2.35. The first-order valence-corrected chi connectivity index (χ1v) is 9.37. The molecule has 5 rings (SSSR count). The van der Waals surface area contributed by atoms with Crippen LogP contribution in [0.1, 0.15) is 18.2 Å². The Balaban J connectivity index is 1.36. The second kappa shape index (κ2) is 6.97. The third kappa shape index (κ3) is 3.15. The van der Waals surface area contributed by atoms with Gasteiger partial charge >= 0.3 is 0 Å². The zero-order valence-corrected chi connectivity index (χ0v) is 16.2. The van der Waals surface area contributed by atoms with Gasteiger partial charge in [0.1, 0.15) is 5.75 Å². The third-order valence-electron chi connectivity index (χ3n) is 4.99. The summed E-state index contributed by atoms with van der Waals surface area (Å²) in [5.74, 6) is 2.53. The molecule has 3 heterocycles. The van der Waals surface area contributed by atoms with E-state index in [4.69, 9.17) is 30.3 Å². The number of hydrogen-bond donors (Lipinski definition) is 0. The van der Waals surface area contributed by atoms with Gasteiger partial charge in [-0.25, -0.2) is 0 Å².